The number of hydrogen-bond acceptors (Lipinski definition) is 2. The van der Waals surface area contributed by atoms with Crippen LogP contribution in [0.5, 0.6) is 0 Å². The van der Waals surface area contributed by atoms with Crippen LogP contribution in [0.2, 0.25) is 0 Å². The van der Waals surface area contributed by atoms with Gasteiger partial charge in [0.2, 0.25) is 0 Å². The first-order chi connectivity index (χ1) is 29.0. The van der Waals surface area contributed by atoms with E-state index in [1.54, 1.807) is 0 Å². The van der Waals surface area contributed by atoms with Crippen LogP contribution in [0.15, 0.2) is 217 Å². The molecule has 0 amide bonds. The van der Waals surface area contributed by atoms with Gasteiger partial charge in [-0.2, -0.15) is 0 Å². The highest BCUT2D eigenvalue weighted by atomic mass is 16.3. The zero-order valence-corrected chi connectivity index (χ0v) is 33.1. The SMILES string of the molecule is CC1(C)c2ccccc2-c2cccc(-c3ccccc3N(c3cccc(-c4ccc(-c5ccccc5)cc4)c3)c3ccc(-c4ccccc4)c4oc5ccccc5c34)c21. The first kappa shape index (κ1) is 34.8. The molecule has 0 N–H and O–H groups in total. The molecule has 59 heavy (non-hydrogen) atoms. The maximum Gasteiger partial charge on any atom is 0.145 e. The Morgan fingerprint density at radius 1 is 0.390 bits per heavy atom. The summed E-state index contributed by atoms with van der Waals surface area (Å²) in [5.74, 6) is 0. The molecule has 9 aromatic carbocycles. The Hall–Kier alpha value is -7.42. The van der Waals surface area contributed by atoms with Crippen molar-refractivity contribution in [2.24, 2.45) is 0 Å². The third kappa shape index (κ3) is 5.71. The molecule has 280 valence electrons. The van der Waals surface area contributed by atoms with Gasteiger partial charge in [-0.25, -0.2) is 0 Å². The molecular weight excluding hydrogens is 715 g/mol. The fourth-order valence-electron chi connectivity index (χ4n) is 9.53. The highest BCUT2D eigenvalue weighted by Crippen LogP contribution is 2.55. The number of nitrogens with zero attached hydrogens (tertiary/aromatic N) is 1. The first-order valence-corrected chi connectivity index (χ1v) is 20.4. The quantitative estimate of drug-likeness (QED) is 0.161. The molecule has 1 aliphatic rings. The van der Waals surface area contributed by atoms with E-state index in [2.05, 4.69) is 231 Å². The molecule has 0 saturated heterocycles. The first-order valence-electron chi connectivity index (χ1n) is 20.4. The van der Waals surface area contributed by atoms with Crippen LogP contribution < -0.4 is 4.90 Å². The van der Waals surface area contributed by atoms with E-state index in [-0.39, 0.29) is 5.41 Å². The van der Waals surface area contributed by atoms with E-state index < -0.39 is 0 Å². The summed E-state index contributed by atoms with van der Waals surface area (Å²) < 4.78 is 6.85. The van der Waals surface area contributed by atoms with Gasteiger partial charge in [0.05, 0.1) is 16.8 Å². The van der Waals surface area contributed by atoms with Gasteiger partial charge in [-0.15, -0.1) is 0 Å². The number of anilines is 3. The minimum absolute atomic E-state index is 0.183. The Balaban J connectivity index is 1.16. The molecule has 0 radical (unpaired) electrons. The Kier molecular flexibility index (Phi) is 8.20. The van der Waals surface area contributed by atoms with Crippen molar-refractivity contribution in [3.05, 3.63) is 223 Å². The molecule has 0 fully saturated rings. The van der Waals surface area contributed by atoms with Crippen molar-refractivity contribution < 1.29 is 4.42 Å². The largest absolute Gasteiger partial charge is 0.455 e. The van der Waals surface area contributed by atoms with E-state index >= 15 is 0 Å². The lowest BCUT2D eigenvalue weighted by atomic mass is 9.78. The monoisotopic (exact) mass is 755 g/mol. The molecule has 11 rings (SSSR count). The number of furan rings is 1. The fourth-order valence-corrected chi connectivity index (χ4v) is 9.53. The standard InChI is InChI=1S/C57H41NO/c1-57(2)50-28-12-9-23-45(50)47-26-16-27-48(55(47)57)46-24-10-13-29-51(46)58(43-22-15-21-42(37-43)40-33-31-39(32-34-40)38-17-5-3-6-18-38)52-36-35-44(41-19-7-4-8-20-41)56-54(52)49-25-11-14-30-53(49)59-56/h3-37H,1-2H3. The lowest BCUT2D eigenvalue weighted by Gasteiger charge is -2.31. The second-order valence-corrected chi connectivity index (χ2v) is 16.0. The van der Waals surface area contributed by atoms with Crippen LogP contribution in [0.1, 0.15) is 25.0 Å². The van der Waals surface area contributed by atoms with E-state index in [4.69, 9.17) is 4.42 Å². The predicted octanol–water partition coefficient (Wildman–Crippen LogP) is 16.0. The van der Waals surface area contributed by atoms with Crippen LogP contribution in [0.4, 0.5) is 17.1 Å². The number of para-hydroxylation sites is 2. The molecular formula is C57H41NO. The van der Waals surface area contributed by atoms with E-state index in [9.17, 15) is 0 Å². The average molecular weight is 756 g/mol. The van der Waals surface area contributed by atoms with Crippen molar-refractivity contribution in [2.45, 2.75) is 19.3 Å². The van der Waals surface area contributed by atoms with Crippen molar-refractivity contribution in [3.8, 4) is 55.6 Å². The molecule has 0 bridgehead atoms. The van der Waals surface area contributed by atoms with Gasteiger partial charge in [0, 0.05) is 27.6 Å². The van der Waals surface area contributed by atoms with Crippen molar-refractivity contribution in [1.82, 2.24) is 0 Å². The zero-order valence-electron chi connectivity index (χ0n) is 33.1. The van der Waals surface area contributed by atoms with E-state index in [1.165, 1.54) is 50.1 Å². The highest BCUT2D eigenvalue weighted by Gasteiger charge is 2.38. The molecule has 1 aliphatic carbocycles. The van der Waals surface area contributed by atoms with Gasteiger partial charge >= 0.3 is 0 Å². The van der Waals surface area contributed by atoms with Crippen LogP contribution >= 0.6 is 0 Å². The normalized spacial score (nSPS) is 12.7. The van der Waals surface area contributed by atoms with Gasteiger partial charge in [0.15, 0.2) is 0 Å². The molecule has 2 nitrogen and oxygen atoms in total. The van der Waals surface area contributed by atoms with Crippen molar-refractivity contribution in [2.75, 3.05) is 4.90 Å². The number of rotatable bonds is 7. The third-order valence-corrected chi connectivity index (χ3v) is 12.3. The van der Waals surface area contributed by atoms with E-state index in [1.807, 2.05) is 0 Å². The molecule has 10 aromatic rings. The summed E-state index contributed by atoms with van der Waals surface area (Å²) in [7, 11) is 0. The molecule has 0 spiro atoms. The van der Waals surface area contributed by atoms with Crippen molar-refractivity contribution >= 4 is 39.0 Å². The van der Waals surface area contributed by atoms with Gasteiger partial charge in [-0.3, -0.25) is 0 Å². The van der Waals surface area contributed by atoms with Crippen LogP contribution in [-0.4, -0.2) is 0 Å². The molecule has 0 unspecified atom stereocenters. The smallest absolute Gasteiger partial charge is 0.145 e. The molecule has 2 heteroatoms. The summed E-state index contributed by atoms with van der Waals surface area (Å²) in [6.07, 6.45) is 0. The third-order valence-electron chi connectivity index (χ3n) is 12.3. The Morgan fingerprint density at radius 2 is 0.949 bits per heavy atom. The summed E-state index contributed by atoms with van der Waals surface area (Å²) >= 11 is 0. The van der Waals surface area contributed by atoms with E-state index in [0.717, 1.165) is 55.7 Å². The molecule has 1 heterocycles. The summed E-state index contributed by atoms with van der Waals surface area (Å²) in [5, 5.41) is 2.17. The van der Waals surface area contributed by atoms with Crippen molar-refractivity contribution in [1.29, 1.82) is 0 Å². The van der Waals surface area contributed by atoms with Crippen LogP contribution in [0.25, 0.3) is 77.6 Å². The maximum absolute atomic E-state index is 6.85. The minimum Gasteiger partial charge on any atom is -0.455 e. The van der Waals surface area contributed by atoms with Gasteiger partial charge in [-0.05, 0) is 92.0 Å². The Bertz CT molecular complexity index is 3170. The summed E-state index contributed by atoms with van der Waals surface area (Å²) in [5.41, 5.74) is 19.5. The number of benzene rings is 9. The summed E-state index contributed by atoms with van der Waals surface area (Å²) in [4.78, 5) is 2.46. The molecule has 1 aromatic heterocycles. The minimum atomic E-state index is -0.183. The highest BCUT2D eigenvalue weighted by molar-refractivity contribution is 6.17. The summed E-state index contributed by atoms with van der Waals surface area (Å²) in [6.45, 7) is 4.75. The Morgan fingerprint density at radius 3 is 1.73 bits per heavy atom. The molecule has 0 saturated carbocycles. The van der Waals surface area contributed by atoms with Gasteiger partial charge in [0.25, 0.3) is 0 Å². The van der Waals surface area contributed by atoms with Gasteiger partial charge < -0.3 is 9.32 Å². The van der Waals surface area contributed by atoms with Gasteiger partial charge in [-0.1, -0.05) is 190 Å². The Labute approximate surface area is 345 Å². The van der Waals surface area contributed by atoms with Gasteiger partial charge in [0.1, 0.15) is 11.2 Å². The van der Waals surface area contributed by atoms with E-state index in [0.29, 0.717) is 0 Å². The van der Waals surface area contributed by atoms with Crippen LogP contribution in [0.3, 0.4) is 0 Å². The van der Waals surface area contributed by atoms with Crippen LogP contribution in [-0.2, 0) is 5.41 Å². The predicted molar refractivity (Wildman–Crippen MR) is 248 cm³/mol. The second kappa shape index (κ2) is 13.9. The topological polar surface area (TPSA) is 16.4 Å². The number of hydrogen-bond donors (Lipinski definition) is 0. The van der Waals surface area contributed by atoms with Crippen LogP contribution in [0, 0.1) is 0 Å². The molecule has 0 aliphatic heterocycles. The maximum atomic E-state index is 6.85. The zero-order chi connectivity index (χ0) is 39.5. The number of fused-ring (bicyclic) bond motifs is 6. The van der Waals surface area contributed by atoms with Crippen molar-refractivity contribution in [3.63, 3.8) is 0 Å². The lowest BCUT2D eigenvalue weighted by Crippen LogP contribution is -2.17. The lowest BCUT2D eigenvalue weighted by molar-refractivity contribution is 0.662. The summed E-state index contributed by atoms with van der Waals surface area (Å²) in [6, 6.07) is 76.7. The fraction of sp³-hybridized carbons (Fsp3) is 0.0526. The average Bonchev–Trinajstić information content (AvgIpc) is 3.80. The molecule has 0 atom stereocenters. The second-order valence-electron chi connectivity index (χ2n) is 16.0.